The van der Waals surface area contributed by atoms with Gasteiger partial charge in [-0.05, 0) is 7.05 Å². The second-order valence-corrected chi connectivity index (χ2v) is 2.56. The molecule has 0 fully saturated rings. The number of hydrogen-bond donors (Lipinski definition) is 0. The van der Waals surface area contributed by atoms with Crippen molar-refractivity contribution in [3.05, 3.63) is 5.73 Å². The van der Waals surface area contributed by atoms with E-state index >= 15 is 0 Å². The van der Waals surface area contributed by atoms with E-state index < -0.39 is 11.3 Å². The molecule has 50 valence electrons. The van der Waals surface area contributed by atoms with Gasteiger partial charge in [-0.2, -0.15) is 0 Å². The van der Waals surface area contributed by atoms with Crippen molar-refractivity contribution >= 4 is 11.3 Å². The molecule has 10 heavy (non-hydrogen) atoms. The average Bonchev–Trinajstić information content (AvgIpc) is 1.84. The molecule has 0 heterocycles. The molecule has 1 unspecified atom stereocenters. The second-order valence-electron chi connectivity index (χ2n) is 1.17. The van der Waals surface area contributed by atoms with E-state index in [1.165, 1.54) is 11.4 Å². The summed E-state index contributed by atoms with van der Waals surface area (Å²) in [5, 5.41) is 0. The Morgan fingerprint density at radius 2 is 2.00 bits per heavy atom. The van der Waals surface area contributed by atoms with Crippen molar-refractivity contribution in [1.82, 2.24) is 4.31 Å². The van der Waals surface area contributed by atoms with Crippen LogP contribution in [0.15, 0.2) is 0 Å². The van der Waals surface area contributed by atoms with Gasteiger partial charge in [-0.3, -0.25) is 4.18 Å². The van der Waals surface area contributed by atoms with Crippen molar-refractivity contribution in [2.75, 3.05) is 20.8 Å². The summed E-state index contributed by atoms with van der Waals surface area (Å²) in [5.41, 5.74) is 6.70. The molecule has 0 aromatic heterocycles. The molecular weight excluding hydrogens is 206 g/mol. The van der Waals surface area contributed by atoms with Gasteiger partial charge in [-0.15, -0.1) is 0 Å². The predicted molar refractivity (Wildman–Crippen MR) is 32.1 cm³/mol. The van der Waals surface area contributed by atoms with Crippen molar-refractivity contribution in [2.24, 2.45) is 0 Å². The summed E-state index contributed by atoms with van der Waals surface area (Å²) in [6, 6.07) is 0. The van der Waals surface area contributed by atoms with Crippen molar-refractivity contribution in [3.8, 4) is 0 Å². The van der Waals surface area contributed by atoms with Crippen molar-refractivity contribution in [1.29, 1.82) is 0 Å². The molecule has 0 rings (SSSR count). The minimum absolute atomic E-state index is 0. The maximum Gasteiger partial charge on any atom is 1.00 e. The van der Waals surface area contributed by atoms with Crippen LogP contribution in [-0.4, -0.2) is 29.3 Å². The molecule has 0 saturated carbocycles. The topological polar surface area (TPSA) is 53.3 Å². The van der Waals surface area contributed by atoms with Gasteiger partial charge >= 0.3 is 103 Å². The van der Waals surface area contributed by atoms with Crippen LogP contribution in [-0.2, 0) is 15.4 Å². The SMILES string of the molecule is COS(=O)N(C)C[NH-].[K+].[K+]. The van der Waals surface area contributed by atoms with Gasteiger partial charge < -0.3 is 5.73 Å². The number of nitrogens with one attached hydrogen (secondary N) is 1. The van der Waals surface area contributed by atoms with Crippen LogP contribution in [0.3, 0.4) is 0 Å². The summed E-state index contributed by atoms with van der Waals surface area (Å²) in [7, 11) is 2.88. The third-order valence-electron chi connectivity index (χ3n) is 0.620. The molecule has 0 aliphatic carbocycles. The van der Waals surface area contributed by atoms with Crippen LogP contribution < -0.4 is 103 Å². The maximum absolute atomic E-state index is 10.4. The second kappa shape index (κ2) is 12.3. The molecule has 0 spiro atoms. The Morgan fingerprint density at radius 1 is 1.60 bits per heavy atom. The van der Waals surface area contributed by atoms with Crippen LogP contribution in [0.4, 0.5) is 0 Å². The minimum Gasteiger partial charge on any atom is -0.664 e. The largest absolute Gasteiger partial charge is 1.00 e. The maximum atomic E-state index is 10.4. The van der Waals surface area contributed by atoms with Gasteiger partial charge in [0.2, 0.25) is 11.3 Å². The molecule has 0 bridgehead atoms. The molecule has 0 radical (unpaired) electrons. The molecule has 7 heteroatoms. The number of rotatable bonds is 3. The molecule has 4 nitrogen and oxygen atoms in total. The summed E-state index contributed by atoms with van der Waals surface area (Å²) < 4.78 is 16.1. The summed E-state index contributed by atoms with van der Waals surface area (Å²) in [6.45, 7) is -0.0134. The zero-order valence-electron chi connectivity index (χ0n) is 6.88. The van der Waals surface area contributed by atoms with E-state index in [4.69, 9.17) is 5.73 Å². The first-order valence-electron chi connectivity index (χ1n) is 2.04. The Morgan fingerprint density at radius 3 is 2.10 bits per heavy atom. The molecule has 1 atom stereocenters. The van der Waals surface area contributed by atoms with Gasteiger partial charge in [0.1, 0.15) is 0 Å². The molecule has 0 aromatic carbocycles. The number of nitrogens with zero attached hydrogens (tertiary/aromatic N) is 1. The Hall–Kier alpha value is 3.30. The first kappa shape index (κ1) is 19.0. The Labute approximate surface area is 149 Å². The Kier molecular flexibility index (Phi) is 23.3. The van der Waals surface area contributed by atoms with Gasteiger partial charge in [0, 0.05) is 0 Å². The molecule has 1 N–H and O–H groups in total. The standard InChI is InChI=1S/C3H9N2O2S.2K/c1-5(3-4)8(6)7-2;;/h4H,3H2,1-2H3;;/q-1;2*+1. The van der Waals surface area contributed by atoms with E-state index in [9.17, 15) is 4.21 Å². The molecular formula is C3H9K2N2O2S+. The van der Waals surface area contributed by atoms with E-state index in [-0.39, 0.29) is 109 Å². The fourth-order valence-electron chi connectivity index (χ4n) is 0.180. The summed E-state index contributed by atoms with van der Waals surface area (Å²) in [5.74, 6) is 0. The van der Waals surface area contributed by atoms with Crippen LogP contribution in [0.2, 0.25) is 0 Å². The number of hydrogen-bond acceptors (Lipinski definition) is 2. The van der Waals surface area contributed by atoms with Crippen LogP contribution in [0.1, 0.15) is 0 Å². The van der Waals surface area contributed by atoms with E-state index in [1.807, 2.05) is 0 Å². The van der Waals surface area contributed by atoms with Gasteiger partial charge in [-0.25, -0.2) is 8.51 Å². The van der Waals surface area contributed by atoms with Gasteiger partial charge in [0.05, 0.1) is 7.11 Å². The normalized spacial score (nSPS) is 11.6. The predicted octanol–water partition coefficient (Wildman–Crippen LogP) is -5.84. The van der Waals surface area contributed by atoms with Crippen molar-refractivity contribution in [3.63, 3.8) is 0 Å². The molecule has 0 aromatic rings. The average molecular weight is 215 g/mol. The summed E-state index contributed by atoms with van der Waals surface area (Å²) in [4.78, 5) is 0. The smallest absolute Gasteiger partial charge is 0.664 e. The molecule has 0 saturated heterocycles. The van der Waals surface area contributed by atoms with E-state index in [1.54, 1.807) is 7.05 Å². The first-order valence-corrected chi connectivity index (χ1v) is 3.07. The van der Waals surface area contributed by atoms with Crippen molar-refractivity contribution in [2.45, 2.75) is 0 Å². The van der Waals surface area contributed by atoms with Gasteiger partial charge in [0.15, 0.2) is 0 Å². The molecule has 0 amide bonds. The van der Waals surface area contributed by atoms with E-state index in [0.717, 1.165) is 0 Å². The van der Waals surface area contributed by atoms with Crippen LogP contribution >= 0.6 is 0 Å². The Balaban J connectivity index is -0.000000245. The van der Waals surface area contributed by atoms with Gasteiger partial charge in [0.25, 0.3) is 0 Å². The fraction of sp³-hybridized carbons (Fsp3) is 1.00. The Bertz CT molecular complexity index is 94.6. The van der Waals surface area contributed by atoms with E-state index in [0.29, 0.717) is 0 Å². The third kappa shape index (κ3) is 9.39. The fourth-order valence-corrected chi connectivity index (χ4v) is 0.540. The minimum atomic E-state index is -1.43. The summed E-state index contributed by atoms with van der Waals surface area (Å²) >= 11 is -1.43. The van der Waals surface area contributed by atoms with Crippen LogP contribution in [0.25, 0.3) is 5.73 Å². The molecule has 0 aliphatic rings. The third-order valence-corrected chi connectivity index (χ3v) is 1.54. The van der Waals surface area contributed by atoms with Crippen LogP contribution in [0, 0.1) is 0 Å². The zero-order chi connectivity index (χ0) is 6.57. The summed E-state index contributed by atoms with van der Waals surface area (Å²) in [6.07, 6.45) is 0. The van der Waals surface area contributed by atoms with Crippen molar-refractivity contribution < 1.29 is 111 Å². The molecule has 0 aliphatic heterocycles. The van der Waals surface area contributed by atoms with Crippen LogP contribution in [0.5, 0.6) is 0 Å². The quantitative estimate of drug-likeness (QED) is 0.440. The van der Waals surface area contributed by atoms with E-state index in [2.05, 4.69) is 4.18 Å². The monoisotopic (exact) mass is 215 g/mol. The first-order chi connectivity index (χ1) is 3.72. The zero-order valence-corrected chi connectivity index (χ0v) is 13.9. The van der Waals surface area contributed by atoms with Gasteiger partial charge in [-0.1, -0.05) is 6.67 Å².